The molecule has 0 spiro atoms. The molecule has 35 heavy (non-hydrogen) atoms. The monoisotopic (exact) mass is 488 g/mol. The van der Waals surface area contributed by atoms with Gasteiger partial charge in [0, 0.05) is 23.9 Å². The van der Waals surface area contributed by atoms with E-state index >= 15 is 0 Å². The van der Waals surface area contributed by atoms with E-state index in [2.05, 4.69) is 18.7 Å². The minimum atomic E-state index is -0.0710. The number of halogens is 1. The summed E-state index contributed by atoms with van der Waals surface area (Å²) in [5.41, 5.74) is 3.66. The molecule has 2 heterocycles. The molecule has 0 aliphatic rings. The molecule has 0 saturated carbocycles. The zero-order valence-electron chi connectivity index (χ0n) is 20.5. The van der Waals surface area contributed by atoms with Gasteiger partial charge in [-0.3, -0.25) is 4.79 Å². The van der Waals surface area contributed by atoms with Crippen LogP contribution in [0.1, 0.15) is 49.2 Å². The summed E-state index contributed by atoms with van der Waals surface area (Å²) in [6, 6.07) is 23.0. The second-order valence-electron chi connectivity index (χ2n) is 8.76. The van der Waals surface area contributed by atoms with Gasteiger partial charge in [0.1, 0.15) is 11.4 Å². The van der Waals surface area contributed by atoms with E-state index in [4.69, 9.17) is 16.3 Å². The van der Waals surface area contributed by atoms with E-state index in [1.807, 2.05) is 83.4 Å². The van der Waals surface area contributed by atoms with Crippen LogP contribution in [0.3, 0.4) is 0 Å². The van der Waals surface area contributed by atoms with Crippen molar-refractivity contribution in [3.05, 3.63) is 95.3 Å². The molecular formula is C30H33ClN2O2. The zero-order valence-corrected chi connectivity index (χ0v) is 21.3. The number of fused-ring (bicyclic) bond motifs is 1. The van der Waals surface area contributed by atoms with Crippen molar-refractivity contribution in [2.45, 2.75) is 33.1 Å². The van der Waals surface area contributed by atoms with Gasteiger partial charge in [-0.05, 0) is 74.3 Å². The first-order valence-electron chi connectivity index (χ1n) is 12.5. The van der Waals surface area contributed by atoms with E-state index in [-0.39, 0.29) is 5.78 Å². The number of carbonyl (C=O) groups is 1. The van der Waals surface area contributed by atoms with E-state index in [9.17, 15) is 4.79 Å². The number of hydrogen-bond donors (Lipinski definition) is 0. The number of hydrogen-bond acceptors (Lipinski definition) is 3. The van der Waals surface area contributed by atoms with Crippen LogP contribution in [-0.2, 0) is 0 Å². The van der Waals surface area contributed by atoms with E-state index in [1.165, 1.54) is 12.8 Å². The Bertz CT molecular complexity index is 1240. The molecule has 4 aromatic rings. The van der Waals surface area contributed by atoms with Gasteiger partial charge in [-0.15, -0.1) is 0 Å². The summed E-state index contributed by atoms with van der Waals surface area (Å²) >= 11 is 6.79. The van der Waals surface area contributed by atoms with Crippen LogP contribution in [0.15, 0.2) is 79.0 Å². The maximum atomic E-state index is 13.7. The summed E-state index contributed by atoms with van der Waals surface area (Å²) in [5.74, 6) is 0.707. The third-order valence-corrected chi connectivity index (χ3v) is 6.53. The molecule has 0 amide bonds. The Balaban J connectivity index is 1.51. The van der Waals surface area contributed by atoms with Crippen LogP contribution in [0, 0.1) is 0 Å². The molecule has 0 atom stereocenters. The van der Waals surface area contributed by atoms with Crippen LogP contribution < -0.4 is 4.74 Å². The fourth-order valence-corrected chi connectivity index (χ4v) is 4.90. The van der Waals surface area contributed by atoms with Gasteiger partial charge in [-0.2, -0.15) is 0 Å². The molecule has 0 fully saturated rings. The second kappa shape index (κ2) is 12.1. The number of carbonyl (C=O) groups excluding carboxylic acids is 1. The highest BCUT2D eigenvalue weighted by Crippen LogP contribution is 2.38. The largest absolute Gasteiger partial charge is 0.494 e. The standard InChI is InChI=1S/C30H33ClN2O2/c1-3-18-32(19-4-2)20-10-22-35-25-16-14-24(15-17-25)30(34)29-27(23-11-6-5-7-12-23)28(31)26-13-8-9-21-33(26)29/h5-9,11-17,21H,3-4,10,18-20,22H2,1-2H3. The highest BCUT2D eigenvalue weighted by molar-refractivity contribution is 6.38. The van der Waals surface area contributed by atoms with E-state index in [1.54, 1.807) is 0 Å². The molecule has 5 heteroatoms. The third kappa shape index (κ3) is 5.77. The highest BCUT2D eigenvalue weighted by Gasteiger charge is 2.24. The van der Waals surface area contributed by atoms with Crippen molar-refractivity contribution >= 4 is 22.9 Å². The molecule has 4 nitrogen and oxygen atoms in total. The third-order valence-electron chi connectivity index (χ3n) is 6.14. The molecular weight excluding hydrogens is 456 g/mol. The first-order valence-corrected chi connectivity index (χ1v) is 12.9. The quantitative estimate of drug-likeness (QED) is 0.154. The van der Waals surface area contributed by atoms with Crippen molar-refractivity contribution < 1.29 is 9.53 Å². The number of ether oxygens (including phenoxy) is 1. The number of nitrogens with zero attached hydrogens (tertiary/aromatic N) is 2. The zero-order chi connectivity index (χ0) is 24.6. The van der Waals surface area contributed by atoms with Crippen LogP contribution in [0.4, 0.5) is 0 Å². The molecule has 4 rings (SSSR count). The maximum absolute atomic E-state index is 13.7. The molecule has 182 valence electrons. The summed E-state index contributed by atoms with van der Waals surface area (Å²) in [5, 5.41) is 0.584. The number of rotatable bonds is 12. The Morgan fingerprint density at radius 3 is 2.26 bits per heavy atom. The summed E-state index contributed by atoms with van der Waals surface area (Å²) in [6.07, 6.45) is 5.21. The predicted octanol–water partition coefficient (Wildman–Crippen LogP) is 7.38. The Hall–Kier alpha value is -3.08. The van der Waals surface area contributed by atoms with Gasteiger partial charge in [0.25, 0.3) is 0 Å². The molecule has 0 aliphatic heterocycles. The average molecular weight is 489 g/mol. The van der Waals surface area contributed by atoms with Crippen molar-refractivity contribution in [1.82, 2.24) is 9.30 Å². The fourth-order valence-electron chi connectivity index (χ4n) is 4.55. The number of ketones is 1. The molecule has 2 aromatic heterocycles. The Morgan fingerprint density at radius 2 is 1.57 bits per heavy atom. The first-order chi connectivity index (χ1) is 17.1. The van der Waals surface area contributed by atoms with Gasteiger partial charge in [-0.1, -0.05) is 61.8 Å². The van der Waals surface area contributed by atoms with Crippen molar-refractivity contribution in [1.29, 1.82) is 0 Å². The SMILES string of the molecule is CCCN(CCC)CCCOc1ccc(C(=O)c2c(-c3ccccc3)c(Cl)c3ccccn23)cc1. The minimum absolute atomic E-state index is 0.0710. The van der Waals surface area contributed by atoms with Gasteiger partial charge in [0.2, 0.25) is 5.78 Å². The molecule has 0 unspecified atom stereocenters. The van der Waals surface area contributed by atoms with Crippen LogP contribution >= 0.6 is 11.6 Å². The normalized spacial score (nSPS) is 11.3. The highest BCUT2D eigenvalue weighted by atomic mass is 35.5. The maximum Gasteiger partial charge on any atom is 0.210 e. The lowest BCUT2D eigenvalue weighted by Gasteiger charge is -2.20. The lowest BCUT2D eigenvalue weighted by molar-refractivity contribution is 0.103. The summed E-state index contributed by atoms with van der Waals surface area (Å²) in [4.78, 5) is 16.2. The fraction of sp³-hybridized carbons (Fsp3) is 0.300. The van der Waals surface area contributed by atoms with E-state index in [0.29, 0.717) is 22.9 Å². The second-order valence-corrected chi connectivity index (χ2v) is 9.13. The van der Waals surface area contributed by atoms with Gasteiger partial charge < -0.3 is 14.0 Å². The number of pyridine rings is 1. The van der Waals surface area contributed by atoms with E-state index < -0.39 is 0 Å². The topological polar surface area (TPSA) is 34.0 Å². The molecule has 0 aliphatic carbocycles. The molecule has 2 aromatic carbocycles. The molecule has 0 N–H and O–H groups in total. The van der Waals surface area contributed by atoms with Crippen LogP contribution in [0.5, 0.6) is 5.75 Å². The smallest absolute Gasteiger partial charge is 0.210 e. The van der Waals surface area contributed by atoms with Crippen molar-refractivity contribution in [2.75, 3.05) is 26.2 Å². The van der Waals surface area contributed by atoms with Crippen molar-refractivity contribution in [3.63, 3.8) is 0 Å². The lowest BCUT2D eigenvalue weighted by Crippen LogP contribution is -2.27. The van der Waals surface area contributed by atoms with Gasteiger partial charge in [0.15, 0.2) is 0 Å². The predicted molar refractivity (Wildman–Crippen MR) is 145 cm³/mol. The van der Waals surface area contributed by atoms with E-state index in [0.717, 1.165) is 48.4 Å². The summed E-state index contributed by atoms with van der Waals surface area (Å²) < 4.78 is 7.84. The van der Waals surface area contributed by atoms with Gasteiger partial charge >= 0.3 is 0 Å². The number of aromatic nitrogens is 1. The van der Waals surface area contributed by atoms with Crippen LogP contribution in [0.2, 0.25) is 5.02 Å². The average Bonchev–Trinajstić information content (AvgIpc) is 3.19. The summed E-state index contributed by atoms with van der Waals surface area (Å²) in [7, 11) is 0. The molecule has 0 saturated heterocycles. The number of benzene rings is 2. The van der Waals surface area contributed by atoms with Crippen LogP contribution in [0.25, 0.3) is 16.6 Å². The Kier molecular flexibility index (Phi) is 8.62. The summed E-state index contributed by atoms with van der Waals surface area (Å²) in [6.45, 7) is 8.41. The van der Waals surface area contributed by atoms with Crippen molar-refractivity contribution in [3.8, 4) is 16.9 Å². The Morgan fingerprint density at radius 1 is 0.886 bits per heavy atom. The van der Waals surface area contributed by atoms with Crippen molar-refractivity contribution in [2.24, 2.45) is 0 Å². The van der Waals surface area contributed by atoms with Gasteiger partial charge in [-0.25, -0.2) is 0 Å². The lowest BCUT2D eigenvalue weighted by atomic mass is 10.00. The molecule has 0 bridgehead atoms. The first kappa shape index (κ1) is 25.0. The van der Waals surface area contributed by atoms with Crippen LogP contribution in [-0.4, -0.2) is 41.3 Å². The minimum Gasteiger partial charge on any atom is -0.494 e. The molecule has 0 radical (unpaired) electrons. The Labute approximate surface area is 213 Å². The van der Waals surface area contributed by atoms with Gasteiger partial charge in [0.05, 0.1) is 17.1 Å².